The van der Waals surface area contributed by atoms with E-state index in [1.165, 1.54) is 0 Å². The molecule has 0 N–H and O–H groups in total. The molecule has 0 aromatic carbocycles. The lowest BCUT2D eigenvalue weighted by Gasteiger charge is -2.01. The molecule has 0 bridgehead atoms. The van der Waals surface area contributed by atoms with E-state index in [1.807, 2.05) is 0 Å². The van der Waals surface area contributed by atoms with E-state index in [1.54, 1.807) is 6.92 Å². The molecule has 2 nitrogen and oxygen atoms in total. The Morgan fingerprint density at radius 3 is 2.71 bits per heavy atom. The topological polar surface area (TPSA) is 26.3 Å². The van der Waals surface area contributed by atoms with E-state index in [4.69, 9.17) is 0 Å². The van der Waals surface area contributed by atoms with Crippen molar-refractivity contribution in [3.05, 3.63) is 0 Å². The van der Waals surface area contributed by atoms with E-state index in [2.05, 4.69) is 17.4 Å². The van der Waals surface area contributed by atoms with Crippen molar-refractivity contribution < 1.29 is 9.53 Å². The predicted molar refractivity (Wildman–Crippen MR) is 30.5 cm³/mol. The summed E-state index contributed by atoms with van der Waals surface area (Å²) >= 11 is 3.87. The second kappa shape index (κ2) is 3.99. The van der Waals surface area contributed by atoms with Crippen LogP contribution in [0.1, 0.15) is 6.92 Å². The van der Waals surface area contributed by atoms with Gasteiger partial charge in [0.15, 0.2) is 0 Å². The molecule has 1 atom stereocenters. The Labute approximate surface area is 48.3 Å². The van der Waals surface area contributed by atoms with Gasteiger partial charge in [0.2, 0.25) is 0 Å². The molecule has 0 aliphatic rings. The normalized spacial score (nSPS) is 12.9. The van der Waals surface area contributed by atoms with Crippen LogP contribution >= 0.6 is 12.6 Å². The van der Waals surface area contributed by atoms with Crippen LogP contribution < -0.4 is 0 Å². The molecular weight excluding hydrogens is 112 g/mol. The number of carbonyl (C=O) groups is 1. The fourth-order valence-corrected chi connectivity index (χ4v) is 0.224. The molecule has 0 radical (unpaired) electrons. The highest BCUT2D eigenvalue weighted by molar-refractivity contribution is 7.80. The molecule has 42 valence electrons. The van der Waals surface area contributed by atoms with Gasteiger partial charge in [0.25, 0.3) is 6.47 Å². The van der Waals surface area contributed by atoms with E-state index in [-0.39, 0.29) is 6.10 Å². The lowest BCUT2D eigenvalue weighted by atomic mass is 10.5. The Morgan fingerprint density at radius 1 is 2.00 bits per heavy atom. The maximum atomic E-state index is 9.52. The van der Waals surface area contributed by atoms with E-state index in [9.17, 15) is 4.79 Å². The average Bonchev–Trinajstić information content (AvgIpc) is 1.68. The first-order valence-corrected chi connectivity index (χ1v) is 2.64. The molecule has 0 saturated carbocycles. The second-order valence-electron chi connectivity index (χ2n) is 1.23. The summed E-state index contributed by atoms with van der Waals surface area (Å²) in [7, 11) is 0. The number of thiol groups is 1. The van der Waals surface area contributed by atoms with Crippen LogP contribution in [0, 0.1) is 0 Å². The van der Waals surface area contributed by atoms with Gasteiger partial charge in [0.1, 0.15) is 6.10 Å². The monoisotopic (exact) mass is 120 g/mol. The molecule has 0 aromatic heterocycles. The molecule has 0 saturated heterocycles. The van der Waals surface area contributed by atoms with Gasteiger partial charge in [-0.15, -0.1) is 0 Å². The maximum absolute atomic E-state index is 9.52. The third-order valence-corrected chi connectivity index (χ3v) is 1.06. The summed E-state index contributed by atoms with van der Waals surface area (Å²) in [6.07, 6.45) is -0.0548. The minimum atomic E-state index is -0.0548. The molecule has 0 fully saturated rings. The molecule has 0 rings (SSSR count). The van der Waals surface area contributed by atoms with Crippen LogP contribution in [0.2, 0.25) is 0 Å². The van der Waals surface area contributed by atoms with Crippen molar-refractivity contribution in [1.29, 1.82) is 0 Å². The molecule has 3 heteroatoms. The smallest absolute Gasteiger partial charge is 0.293 e. The minimum absolute atomic E-state index is 0.0548. The SMILES string of the molecule is CC(CS)OC=O. The largest absolute Gasteiger partial charge is 0.464 e. The molecule has 0 heterocycles. The lowest BCUT2D eigenvalue weighted by molar-refractivity contribution is -0.131. The second-order valence-corrected chi connectivity index (χ2v) is 1.59. The van der Waals surface area contributed by atoms with E-state index < -0.39 is 0 Å². The molecule has 0 aliphatic heterocycles. The van der Waals surface area contributed by atoms with Gasteiger partial charge in [-0.1, -0.05) is 0 Å². The average molecular weight is 120 g/mol. The Kier molecular flexibility index (Phi) is 3.89. The molecule has 1 unspecified atom stereocenters. The number of hydrogen-bond acceptors (Lipinski definition) is 3. The molecule has 7 heavy (non-hydrogen) atoms. The molecule has 0 aromatic rings. The quantitative estimate of drug-likeness (QED) is 0.433. The van der Waals surface area contributed by atoms with Crippen molar-refractivity contribution in [2.75, 3.05) is 5.75 Å². The van der Waals surface area contributed by atoms with Crippen LogP contribution in [-0.2, 0) is 9.53 Å². The number of carbonyl (C=O) groups excluding carboxylic acids is 1. The summed E-state index contributed by atoms with van der Waals surface area (Å²) in [5.74, 6) is 0.582. The molecule has 0 amide bonds. The first-order chi connectivity index (χ1) is 3.31. The van der Waals surface area contributed by atoms with E-state index in [0.717, 1.165) is 0 Å². The zero-order valence-corrected chi connectivity index (χ0v) is 5.02. The number of rotatable bonds is 3. The Hall–Kier alpha value is -0.180. The van der Waals surface area contributed by atoms with Crippen molar-refractivity contribution >= 4 is 19.1 Å². The van der Waals surface area contributed by atoms with Crippen LogP contribution in [-0.4, -0.2) is 18.3 Å². The molecular formula is C4H8O2S. The van der Waals surface area contributed by atoms with Gasteiger partial charge in [-0.3, -0.25) is 4.79 Å². The zero-order valence-electron chi connectivity index (χ0n) is 4.13. The Morgan fingerprint density at radius 2 is 2.57 bits per heavy atom. The van der Waals surface area contributed by atoms with Gasteiger partial charge < -0.3 is 4.74 Å². The third kappa shape index (κ3) is 3.66. The molecule has 0 aliphatic carbocycles. The standard InChI is InChI=1S/C4H8O2S/c1-4(2-7)6-3-5/h3-4,7H,2H2,1H3. The van der Waals surface area contributed by atoms with E-state index in [0.29, 0.717) is 12.2 Å². The Bertz CT molecular complexity index is 55.7. The molecule has 0 spiro atoms. The highest BCUT2D eigenvalue weighted by atomic mass is 32.1. The number of hydrogen-bond donors (Lipinski definition) is 1. The summed E-state index contributed by atoms with van der Waals surface area (Å²) in [6.45, 7) is 2.21. The third-order valence-electron chi connectivity index (χ3n) is 0.545. The minimum Gasteiger partial charge on any atom is -0.464 e. The highest BCUT2D eigenvalue weighted by Crippen LogP contribution is 1.88. The van der Waals surface area contributed by atoms with Crippen LogP contribution in [0.5, 0.6) is 0 Å². The first-order valence-electron chi connectivity index (χ1n) is 2.01. The van der Waals surface area contributed by atoms with Crippen molar-refractivity contribution in [2.24, 2.45) is 0 Å². The summed E-state index contributed by atoms with van der Waals surface area (Å²) in [6, 6.07) is 0. The Balaban J connectivity index is 2.98. The van der Waals surface area contributed by atoms with Crippen LogP contribution in [0.15, 0.2) is 0 Å². The number of ether oxygens (including phenoxy) is 1. The summed E-state index contributed by atoms with van der Waals surface area (Å²) < 4.78 is 4.43. The van der Waals surface area contributed by atoms with Gasteiger partial charge in [-0.05, 0) is 6.92 Å². The summed E-state index contributed by atoms with van der Waals surface area (Å²) in [5.41, 5.74) is 0. The lowest BCUT2D eigenvalue weighted by Crippen LogP contribution is -2.07. The van der Waals surface area contributed by atoms with Gasteiger partial charge >= 0.3 is 0 Å². The van der Waals surface area contributed by atoms with Gasteiger partial charge in [0, 0.05) is 5.75 Å². The highest BCUT2D eigenvalue weighted by Gasteiger charge is 1.93. The van der Waals surface area contributed by atoms with Gasteiger partial charge in [-0.25, -0.2) is 0 Å². The van der Waals surface area contributed by atoms with Crippen LogP contribution in [0.25, 0.3) is 0 Å². The first kappa shape index (κ1) is 6.82. The van der Waals surface area contributed by atoms with Crippen molar-refractivity contribution in [1.82, 2.24) is 0 Å². The van der Waals surface area contributed by atoms with Crippen molar-refractivity contribution in [3.8, 4) is 0 Å². The van der Waals surface area contributed by atoms with E-state index >= 15 is 0 Å². The van der Waals surface area contributed by atoms with Crippen molar-refractivity contribution in [2.45, 2.75) is 13.0 Å². The zero-order chi connectivity index (χ0) is 5.70. The predicted octanol–water partition coefficient (Wildman–Crippen LogP) is 0.478. The summed E-state index contributed by atoms with van der Waals surface area (Å²) in [5, 5.41) is 0. The van der Waals surface area contributed by atoms with Crippen LogP contribution in [0.3, 0.4) is 0 Å². The fraction of sp³-hybridized carbons (Fsp3) is 0.750. The summed E-state index contributed by atoms with van der Waals surface area (Å²) in [4.78, 5) is 9.52. The van der Waals surface area contributed by atoms with Gasteiger partial charge in [-0.2, -0.15) is 12.6 Å². The maximum Gasteiger partial charge on any atom is 0.293 e. The van der Waals surface area contributed by atoms with Crippen LogP contribution in [0.4, 0.5) is 0 Å². The van der Waals surface area contributed by atoms with Crippen molar-refractivity contribution in [3.63, 3.8) is 0 Å². The van der Waals surface area contributed by atoms with Gasteiger partial charge in [0.05, 0.1) is 0 Å². The fourth-order valence-electron chi connectivity index (χ4n) is 0.138.